The number of nitrogens with zero attached hydrogens (tertiary/aromatic N) is 5. The second-order valence-electron chi connectivity index (χ2n) is 7.36. The normalized spacial score (nSPS) is 11.0. The van der Waals surface area contributed by atoms with E-state index in [0.717, 1.165) is 11.8 Å². The van der Waals surface area contributed by atoms with Crippen LogP contribution >= 0.6 is 11.8 Å². The molecule has 0 aliphatic carbocycles. The highest BCUT2D eigenvalue weighted by Crippen LogP contribution is 2.25. The summed E-state index contributed by atoms with van der Waals surface area (Å²) in [5, 5.41) is 3.59. The largest absolute Gasteiger partial charge is 0.368 e. The maximum absolute atomic E-state index is 14.7. The Balaban J connectivity index is 1.50. The molecule has 11 heteroatoms. The number of nitrogens with two attached hydrogens (primary N) is 1. The van der Waals surface area contributed by atoms with Crippen LogP contribution in [0.15, 0.2) is 82.7 Å². The molecule has 2 heterocycles. The molecular weight excluding hydrogens is 472 g/mol. The van der Waals surface area contributed by atoms with Gasteiger partial charge in [-0.25, -0.2) is 13.8 Å². The van der Waals surface area contributed by atoms with E-state index in [1.54, 1.807) is 36.4 Å². The van der Waals surface area contributed by atoms with Crippen LogP contribution in [0.5, 0.6) is 0 Å². The Morgan fingerprint density at radius 1 is 0.886 bits per heavy atom. The fourth-order valence-electron chi connectivity index (χ4n) is 3.40. The zero-order valence-electron chi connectivity index (χ0n) is 18.0. The summed E-state index contributed by atoms with van der Waals surface area (Å²) in [6, 6.07) is 18.6. The van der Waals surface area contributed by atoms with Gasteiger partial charge in [0.15, 0.2) is 5.16 Å². The summed E-state index contributed by atoms with van der Waals surface area (Å²) in [7, 11) is 0. The number of nitrogen functional groups attached to an aromatic ring is 1. The molecule has 0 aliphatic heterocycles. The van der Waals surface area contributed by atoms with Crippen LogP contribution in [0.1, 0.15) is 5.82 Å². The molecular formula is C24H17F2N7OS. The Kier molecular flexibility index (Phi) is 6.06. The number of benzene rings is 3. The van der Waals surface area contributed by atoms with Crippen molar-refractivity contribution in [1.82, 2.24) is 24.5 Å². The molecule has 0 saturated heterocycles. The average Bonchev–Trinajstić information content (AvgIpc) is 2.85. The second-order valence-corrected chi connectivity index (χ2v) is 8.30. The Bertz CT molecular complexity index is 1590. The van der Waals surface area contributed by atoms with Gasteiger partial charge in [0.05, 0.1) is 22.3 Å². The van der Waals surface area contributed by atoms with Crippen LogP contribution in [0.3, 0.4) is 0 Å². The first-order valence-corrected chi connectivity index (χ1v) is 11.4. The third-order valence-electron chi connectivity index (χ3n) is 4.97. The first-order valence-electron chi connectivity index (χ1n) is 10.4. The quantitative estimate of drug-likeness (QED) is 0.266. The molecule has 0 bridgehead atoms. The molecule has 0 radical (unpaired) electrons. The first kappa shape index (κ1) is 22.4. The van der Waals surface area contributed by atoms with Crippen molar-refractivity contribution in [3.63, 3.8) is 0 Å². The highest BCUT2D eigenvalue weighted by Gasteiger charge is 2.17. The molecule has 0 spiro atoms. The summed E-state index contributed by atoms with van der Waals surface area (Å²) in [5.74, 6) is -0.273. The molecule has 0 atom stereocenters. The number of hydrogen-bond donors (Lipinski definition) is 2. The maximum atomic E-state index is 14.7. The van der Waals surface area contributed by atoms with Crippen LogP contribution in [-0.4, -0.2) is 24.5 Å². The topological polar surface area (TPSA) is 112 Å². The van der Waals surface area contributed by atoms with Crippen molar-refractivity contribution in [2.45, 2.75) is 10.9 Å². The van der Waals surface area contributed by atoms with E-state index in [9.17, 15) is 13.6 Å². The van der Waals surface area contributed by atoms with Crippen LogP contribution in [0.2, 0.25) is 0 Å². The minimum atomic E-state index is -0.552. The lowest BCUT2D eigenvalue weighted by atomic mass is 10.2. The lowest BCUT2D eigenvalue weighted by Gasteiger charge is -2.14. The van der Waals surface area contributed by atoms with Crippen LogP contribution in [-0.2, 0) is 5.75 Å². The summed E-state index contributed by atoms with van der Waals surface area (Å²) in [5.41, 5.74) is 6.61. The number of rotatable bonds is 6. The minimum absolute atomic E-state index is 0.0156. The van der Waals surface area contributed by atoms with Gasteiger partial charge in [-0.1, -0.05) is 36.0 Å². The van der Waals surface area contributed by atoms with Crippen LogP contribution in [0, 0.1) is 11.6 Å². The number of halogens is 2. The molecule has 8 nitrogen and oxygen atoms in total. The van der Waals surface area contributed by atoms with Gasteiger partial charge in [0.25, 0.3) is 5.56 Å². The lowest BCUT2D eigenvalue weighted by Crippen LogP contribution is -2.22. The van der Waals surface area contributed by atoms with E-state index in [1.807, 2.05) is 0 Å². The van der Waals surface area contributed by atoms with Crippen molar-refractivity contribution in [3.05, 3.63) is 101 Å². The first-order chi connectivity index (χ1) is 17.0. The monoisotopic (exact) mass is 489 g/mol. The lowest BCUT2D eigenvalue weighted by molar-refractivity contribution is 0.608. The van der Waals surface area contributed by atoms with Gasteiger partial charge in [-0.15, -0.1) is 0 Å². The van der Waals surface area contributed by atoms with Gasteiger partial charge >= 0.3 is 0 Å². The zero-order valence-corrected chi connectivity index (χ0v) is 18.8. The van der Waals surface area contributed by atoms with Crippen LogP contribution in [0.25, 0.3) is 16.6 Å². The minimum Gasteiger partial charge on any atom is -0.368 e. The van der Waals surface area contributed by atoms with E-state index in [2.05, 4.69) is 25.3 Å². The van der Waals surface area contributed by atoms with Crippen molar-refractivity contribution in [2.24, 2.45) is 0 Å². The third kappa shape index (κ3) is 4.80. The predicted octanol–water partition coefficient (Wildman–Crippen LogP) is 4.47. The number of nitrogens with one attached hydrogen (secondary N) is 1. The summed E-state index contributed by atoms with van der Waals surface area (Å²) in [6.45, 7) is 0. The number of hydrogen-bond acceptors (Lipinski definition) is 8. The van der Waals surface area contributed by atoms with Gasteiger partial charge in [0.1, 0.15) is 17.5 Å². The number of anilines is 3. The highest BCUT2D eigenvalue weighted by atomic mass is 32.2. The van der Waals surface area contributed by atoms with Crippen LogP contribution < -0.4 is 16.6 Å². The Morgan fingerprint density at radius 2 is 1.63 bits per heavy atom. The molecule has 2 aromatic heterocycles. The van der Waals surface area contributed by atoms with E-state index >= 15 is 0 Å². The summed E-state index contributed by atoms with van der Waals surface area (Å²) < 4.78 is 29.1. The predicted molar refractivity (Wildman–Crippen MR) is 131 cm³/mol. The van der Waals surface area contributed by atoms with E-state index in [0.29, 0.717) is 22.4 Å². The SMILES string of the molecule is Nc1nc(CSc2nc3ccccc3c(=O)n2-c2ccccc2F)nc(Nc2ccc(F)cc2)n1. The average molecular weight is 490 g/mol. The smallest absolute Gasteiger partial charge is 0.266 e. The van der Waals surface area contributed by atoms with E-state index in [4.69, 9.17) is 5.73 Å². The standard InChI is InChI=1S/C24H17F2N7OS/c25-14-9-11-15(12-10-14)28-23-31-20(30-22(27)32-23)13-35-24-29-18-7-3-1-5-16(18)21(34)33(24)19-8-4-2-6-17(19)26/h1-12H,13H2,(H3,27,28,30,31,32). The van der Waals surface area contributed by atoms with Crippen molar-refractivity contribution < 1.29 is 8.78 Å². The molecule has 174 valence electrons. The van der Waals surface area contributed by atoms with E-state index < -0.39 is 11.4 Å². The molecule has 35 heavy (non-hydrogen) atoms. The number of aromatic nitrogens is 5. The molecule has 5 aromatic rings. The Hall–Kier alpha value is -4.38. The van der Waals surface area contributed by atoms with Gasteiger partial charge in [0, 0.05) is 5.69 Å². The van der Waals surface area contributed by atoms with Gasteiger partial charge in [-0.05, 0) is 48.5 Å². The number of para-hydroxylation sites is 2. The molecule has 0 fully saturated rings. The van der Waals surface area contributed by atoms with E-state index in [-0.39, 0.29) is 34.3 Å². The van der Waals surface area contributed by atoms with Crippen molar-refractivity contribution in [1.29, 1.82) is 0 Å². The van der Waals surface area contributed by atoms with E-state index in [1.165, 1.54) is 41.0 Å². The van der Waals surface area contributed by atoms with Crippen molar-refractivity contribution in [2.75, 3.05) is 11.1 Å². The summed E-state index contributed by atoms with van der Waals surface area (Å²) >= 11 is 1.16. The number of fused-ring (bicyclic) bond motifs is 1. The highest BCUT2D eigenvalue weighted by molar-refractivity contribution is 7.98. The van der Waals surface area contributed by atoms with Gasteiger partial charge in [-0.2, -0.15) is 15.0 Å². The fraction of sp³-hybridized carbons (Fsp3) is 0.0417. The third-order valence-corrected chi connectivity index (χ3v) is 5.90. The second kappa shape index (κ2) is 9.47. The number of thioether (sulfide) groups is 1. The maximum Gasteiger partial charge on any atom is 0.266 e. The molecule has 5 rings (SSSR count). The van der Waals surface area contributed by atoms with Crippen LogP contribution in [0.4, 0.5) is 26.4 Å². The molecule has 0 unspecified atom stereocenters. The summed E-state index contributed by atoms with van der Waals surface area (Å²) in [6.07, 6.45) is 0. The zero-order chi connectivity index (χ0) is 24.4. The van der Waals surface area contributed by atoms with Crippen molar-refractivity contribution in [3.8, 4) is 5.69 Å². The van der Waals surface area contributed by atoms with Gasteiger partial charge in [0.2, 0.25) is 11.9 Å². The van der Waals surface area contributed by atoms with Gasteiger partial charge < -0.3 is 11.1 Å². The fourth-order valence-corrected chi connectivity index (χ4v) is 4.27. The van der Waals surface area contributed by atoms with Crippen molar-refractivity contribution >= 4 is 40.2 Å². The molecule has 0 saturated carbocycles. The molecule has 0 amide bonds. The summed E-state index contributed by atoms with van der Waals surface area (Å²) in [4.78, 5) is 30.5. The molecule has 3 aromatic carbocycles. The molecule has 3 N–H and O–H groups in total. The van der Waals surface area contributed by atoms with Gasteiger partial charge in [-0.3, -0.25) is 9.36 Å². The Morgan fingerprint density at radius 3 is 2.43 bits per heavy atom. The Labute approximate surface area is 201 Å². The molecule has 0 aliphatic rings.